The largest absolute Gasteiger partial charge is 0.462 e. The van der Waals surface area contributed by atoms with Crippen molar-refractivity contribution in [1.29, 1.82) is 0 Å². The Kier molecular flexibility index (Phi) is 4.10. The highest BCUT2D eigenvalue weighted by Crippen LogP contribution is 2.23. The number of aromatic nitrogens is 3. The normalized spacial score (nSPS) is 12.0. The number of carbonyl (C=O) groups is 1. The number of esters is 1. The molecule has 4 aromatic rings. The monoisotopic (exact) mass is 367 g/mol. The van der Waals surface area contributed by atoms with E-state index in [1.807, 2.05) is 6.07 Å². The zero-order valence-electron chi connectivity index (χ0n) is 13.7. The molecule has 0 N–H and O–H groups in total. The van der Waals surface area contributed by atoms with Gasteiger partial charge in [0.25, 0.3) is 5.56 Å². The summed E-state index contributed by atoms with van der Waals surface area (Å²) in [4.78, 5) is 28.4. The van der Waals surface area contributed by atoms with Crippen LogP contribution >= 0.6 is 11.3 Å². The predicted molar refractivity (Wildman–Crippen MR) is 96.0 cm³/mol. The van der Waals surface area contributed by atoms with Gasteiger partial charge in [-0.1, -0.05) is 23.5 Å². The van der Waals surface area contributed by atoms with Crippen LogP contribution in [-0.2, 0) is 4.74 Å². The van der Waals surface area contributed by atoms with Crippen molar-refractivity contribution in [3.05, 3.63) is 68.9 Å². The summed E-state index contributed by atoms with van der Waals surface area (Å²) in [6.07, 6.45) is 3.02. The lowest BCUT2D eigenvalue weighted by atomic mass is 10.1. The fraction of sp³-hybridized carbons (Fsp3) is 0.111. The van der Waals surface area contributed by atoms with Crippen molar-refractivity contribution >= 4 is 28.3 Å². The van der Waals surface area contributed by atoms with Crippen LogP contribution in [0.1, 0.15) is 23.0 Å². The lowest BCUT2D eigenvalue weighted by Gasteiger charge is -2.02. The Balaban J connectivity index is 1.63. The van der Waals surface area contributed by atoms with Crippen molar-refractivity contribution in [2.45, 2.75) is 6.92 Å². The van der Waals surface area contributed by atoms with E-state index in [1.54, 1.807) is 43.3 Å². The molecule has 0 fully saturated rings. The third-order valence-electron chi connectivity index (χ3n) is 3.70. The maximum absolute atomic E-state index is 12.2. The summed E-state index contributed by atoms with van der Waals surface area (Å²) in [6, 6.07) is 10.6. The van der Waals surface area contributed by atoms with Gasteiger partial charge in [0.2, 0.25) is 4.96 Å². The third kappa shape index (κ3) is 2.91. The van der Waals surface area contributed by atoms with Crippen LogP contribution in [0.3, 0.4) is 0 Å². The summed E-state index contributed by atoms with van der Waals surface area (Å²) < 4.78 is 12.5. The Morgan fingerprint density at radius 1 is 1.27 bits per heavy atom. The number of hydrogen-bond acceptors (Lipinski definition) is 7. The van der Waals surface area contributed by atoms with E-state index < -0.39 is 0 Å². The number of carbonyl (C=O) groups excluding carboxylic acids is 1. The Labute approximate surface area is 151 Å². The lowest BCUT2D eigenvalue weighted by Crippen LogP contribution is -2.23. The van der Waals surface area contributed by atoms with Crippen molar-refractivity contribution in [3.63, 3.8) is 0 Å². The van der Waals surface area contributed by atoms with Crippen LogP contribution in [-0.4, -0.2) is 27.2 Å². The topological polar surface area (TPSA) is 86.7 Å². The molecule has 4 rings (SSSR count). The second-order valence-electron chi connectivity index (χ2n) is 5.37. The number of fused-ring (bicyclic) bond motifs is 1. The zero-order valence-corrected chi connectivity index (χ0v) is 14.5. The number of rotatable bonds is 4. The van der Waals surface area contributed by atoms with Gasteiger partial charge in [0.1, 0.15) is 22.4 Å². The molecule has 0 radical (unpaired) electrons. The smallest absolute Gasteiger partial charge is 0.338 e. The molecule has 0 aliphatic rings. The molecule has 0 aliphatic carbocycles. The maximum Gasteiger partial charge on any atom is 0.338 e. The average Bonchev–Trinajstić information content (AvgIpc) is 3.35. The first kappa shape index (κ1) is 16.2. The Bertz CT molecular complexity index is 1190. The van der Waals surface area contributed by atoms with E-state index in [-0.39, 0.29) is 11.5 Å². The van der Waals surface area contributed by atoms with Crippen molar-refractivity contribution in [1.82, 2.24) is 14.6 Å². The molecule has 7 nitrogen and oxygen atoms in total. The van der Waals surface area contributed by atoms with Gasteiger partial charge < -0.3 is 9.15 Å². The number of hydrogen-bond donors (Lipinski definition) is 0. The lowest BCUT2D eigenvalue weighted by molar-refractivity contribution is 0.0526. The van der Waals surface area contributed by atoms with E-state index in [2.05, 4.69) is 10.1 Å². The van der Waals surface area contributed by atoms with Crippen LogP contribution in [0, 0.1) is 0 Å². The number of nitrogens with zero attached hydrogens (tertiary/aromatic N) is 3. The fourth-order valence-electron chi connectivity index (χ4n) is 2.48. The van der Waals surface area contributed by atoms with Crippen molar-refractivity contribution in [3.8, 4) is 11.3 Å². The molecule has 8 heteroatoms. The highest BCUT2D eigenvalue weighted by Gasteiger charge is 2.09. The van der Waals surface area contributed by atoms with Crippen LogP contribution in [0.4, 0.5) is 0 Å². The summed E-state index contributed by atoms with van der Waals surface area (Å²) >= 11 is 1.25. The quantitative estimate of drug-likeness (QED) is 0.514. The van der Waals surface area contributed by atoms with E-state index in [1.165, 1.54) is 22.2 Å². The second kappa shape index (κ2) is 6.57. The van der Waals surface area contributed by atoms with E-state index in [9.17, 15) is 9.59 Å². The zero-order chi connectivity index (χ0) is 18.1. The molecule has 0 bridgehead atoms. The van der Waals surface area contributed by atoms with Gasteiger partial charge >= 0.3 is 5.97 Å². The van der Waals surface area contributed by atoms with Gasteiger partial charge in [-0.25, -0.2) is 9.78 Å². The molecule has 0 spiro atoms. The van der Waals surface area contributed by atoms with Crippen molar-refractivity contribution in [2.24, 2.45) is 0 Å². The summed E-state index contributed by atoms with van der Waals surface area (Å²) in [5.74, 6) is 0.835. The molecule has 3 aromatic heterocycles. The number of ether oxygens (including phenoxy) is 1. The van der Waals surface area contributed by atoms with E-state index in [0.717, 1.165) is 5.56 Å². The minimum Gasteiger partial charge on any atom is -0.462 e. The predicted octanol–water partition coefficient (Wildman–Crippen LogP) is 2.14. The summed E-state index contributed by atoms with van der Waals surface area (Å²) in [6.45, 7) is 2.10. The summed E-state index contributed by atoms with van der Waals surface area (Å²) in [7, 11) is 0. The SMILES string of the molecule is CCOC(=O)c1ccc(-c2ccc(C=c3sc4ncnn4c3=O)o2)cc1. The van der Waals surface area contributed by atoms with E-state index in [0.29, 0.717) is 33.2 Å². The third-order valence-corrected chi connectivity index (χ3v) is 4.67. The first-order valence-corrected chi connectivity index (χ1v) is 8.69. The van der Waals surface area contributed by atoms with Gasteiger partial charge in [0.05, 0.1) is 12.2 Å². The first-order chi connectivity index (χ1) is 12.7. The molecular formula is C18H13N3O4S. The molecule has 0 amide bonds. The molecule has 3 heterocycles. The van der Waals surface area contributed by atoms with Crippen LogP contribution in [0.25, 0.3) is 22.4 Å². The number of thiazole rings is 1. The fourth-order valence-corrected chi connectivity index (χ4v) is 3.34. The molecule has 0 unspecified atom stereocenters. The van der Waals surface area contributed by atoms with Crippen LogP contribution in [0.2, 0.25) is 0 Å². The van der Waals surface area contributed by atoms with Gasteiger partial charge in [0, 0.05) is 11.6 Å². The van der Waals surface area contributed by atoms with Gasteiger partial charge in [0.15, 0.2) is 0 Å². The molecule has 130 valence electrons. The van der Waals surface area contributed by atoms with Crippen molar-refractivity contribution < 1.29 is 13.9 Å². The maximum atomic E-state index is 12.2. The van der Waals surface area contributed by atoms with Crippen LogP contribution in [0.15, 0.2) is 51.9 Å². The van der Waals surface area contributed by atoms with E-state index in [4.69, 9.17) is 9.15 Å². The van der Waals surface area contributed by atoms with Crippen LogP contribution < -0.4 is 10.1 Å². The molecule has 0 aliphatic heterocycles. The molecule has 0 saturated carbocycles. The minimum absolute atomic E-state index is 0.223. The standard InChI is InChI=1S/C18H13N3O4S/c1-2-24-17(23)12-5-3-11(4-6-12)14-8-7-13(25-14)9-15-16(22)21-18(26-15)19-10-20-21/h3-10H,2H2,1H3. The Morgan fingerprint density at radius 3 is 2.81 bits per heavy atom. The van der Waals surface area contributed by atoms with Gasteiger partial charge in [-0.3, -0.25) is 4.79 Å². The second-order valence-corrected chi connectivity index (χ2v) is 6.38. The Morgan fingerprint density at radius 2 is 2.08 bits per heavy atom. The summed E-state index contributed by atoms with van der Waals surface area (Å²) in [5.41, 5.74) is 1.08. The van der Waals surface area contributed by atoms with Gasteiger partial charge in [-0.15, -0.1) is 0 Å². The highest BCUT2D eigenvalue weighted by molar-refractivity contribution is 7.15. The first-order valence-electron chi connectivity index (χ1n) is 7.87. The number of furan rings is 1. The van der Waals surface area contributed by atoms with Crippen LogP contribution in [0.5, 0.6) is 0 Å². The molecule has 0 saturated heterocycles. The molecule has 1 aromatic carbocycles. The Hall–Kier alpha value is -3.26. The summed E-state index contributed by atoms with van der Waals surface area (Å²) in [5, 5.41) is 3.88. The minimum atomic E-state index is -0.355. The van der Waals surface area contributed by atoms with Gasteiger partial charge in [-0.05, 0) is 31.2 Å². The number of benzene rings is 1. The van der Waals surface area contributed by atoms with E-state index >= 15 is 0 Å². The molecule has 26 heavy (non-hydrogen) atoms. The molecule has 0 atom stereocenters. The molecular weight excluding hydrogens is 354 g/mol. The average molecular weight is 367 g/mol. The highest BCUT2D eigenvalue weighted by atomic mass is 32.1. The van der Waals surface area contributed by atoms with Crippen molar-refractivity contribution in [2.75, 3.05) is 6.61 Å². The van der Waals surface area contributed by atoms with Gasteiger partial charge in [-0.2, -0.15) is 9.61 Å².